The molecule has 6 heteroatoms. The summed E-state index contributed by atoms with van der Waals surface area (Å²) in [5.74, 6) is 1.56. The summed E-state index contributed by atoms with van der Waals surface area (Å²) in [6.07, 6.45) is 0. The van der Waals surface area contributed by atoms with Gasteiger partial charge in [0.15, 0.2) is 5.16 Å². The Kier molecular flexibility index (Phi) is 5.26. The summed E-state index contributed by atoms with van der Waals surface area (Å²) in [4.78, 5) is 21.1. The van der Waals surface area contributed by atoms with E-state index in [0.29, 0.717) is 22.9 Å². The highest BCUT2D eigenvalue weighted by Gasteiger charge is 2.13. The summed E-state index contributed by atoms with van der Waals surface area (Å²) < 4.78 is 5.98. The molecule has 0 amide bonds. The molecule has 0 fully saturated rings. The standard InChI is InChI=1S/C24H18N2O2S2/c27-22-21-19(17-7-2-1-3-8-17)15-30-23(21)26-24(25-22)29-14-13-28-20-12-6-10-16-9-4-5-11-18(16)20/h1-12,15H,13-14H2,(H,25,26,27). The van der Waals surface area contributed by atoms with Crippen molar-refractivity contribution in [3.8, 4) is 16.9 Å². The highest BCUT2D eigenvalue weighted by molar-refractivity contribution is 7.99. The molecule has 148 valence electrons. The van der Waals surface area contributed by atoms with Gasteiger partial charge in [-0.15, -0.1) is 11.3 Å². The molecule has 4 nitrogen and oxygen atoms in total. The van der Waals surface area contributed by atoms with Gasteiger partial charge < -0.3 is 9.72 Å². The molecule has 30 heavy (non-hydrogen) atoms. The predicted octanol–water partition coefficient (Wildman–Crippen LogP) is 5.98. The number of benzene rings is 3. The Morgan fingerprint density at radius 1 is 0.967 bits per heavy atom. The van der Waals surface area contributed by atoms with E-state index in [-0.39, 0.29) is 5.56 Å². The molecular formula is C24H18N2O2S2. The highest BCUT2D eigenvalue weighted by atomic mass is 32.2. The first kappa shape index (κ1) is 18.9. The third-order valence-corrected chi connectivity index (χ3v) is 6.55. The number of nitrogens with zero attached hydrogens (tertiary/aromatic N) is 1. The van der Waals surface area contributed by atoms with Gasteiger partial charge in [-0.25, -0.2) is 4.98 Å². The third-order valence-electron chi connectivity index (χ3n) is 4.84. The maximum Gasteiger partial charge on any atom is 0.260 e. The number of thioether (sulfide) groups is 1. The monoisotopic (exact) mass is 430 g/mol. The lowest BCUT2D eigenvalue weighted by Gasteiger charge is -2.09. The number of fused-ring (bicyclic) bond motifs is 2. The lowest BCUT2D eigenvalue weighted by atomic mass is 10.1. The zero-order valence-corrected chi connectivity index (χ0v) is 17.6. The van der Waals surface area contributed by atoms with Crippen LogP contribution in [0.1, 0.15) is 0 Å². The third kappa shape index (κ3) is 3.72. The van der Waals surface area contributed by atoms with Gasteiger partial charge in [0, 0.05) is 22.1 Å². The van der Waals surface area contributed by atoms with Crippen LogP contribution in [0.3, 0.4) is 0 Å². The summed E-state index contributed by atoms with van der Waals surface area (Å²) in [5, 5.41) is 5.54. The minimum absolute atomic E-state index is 0.0995. The number of nitrogens with one attached hydrogen (secondary N) is 1. The lowest BCUT2D eigenvalue weighted by molar-refractivity contribution is 0.348. The number of aromatic nitrogens is 2. The van der Waals surface area contributed by atoms with Gasteiger partial charge >= 0.3 is 0 Å². The van der Waals surface area contributed by atoms with Crippen LogP contribution >= 0.6 is 23.1 Å². The van der Waals surface area contributed by atoms with Crippen LogP contribution in [0.2, 0.25) is 0 Å². The molecule has 0 atom stereocenters. The van der Waals surface area contributed by atoms with E-state index < -0.39 is 0 Å². The number of H-pyrrole nitrogens is 1. The van der Waals surface area contributed by atoms with E-state index in [2.05, 4.69) is 28.2 Å². The first-order chi connectivity index (χ1) is 14.8. The Bertz CT molecular complexity index is 1370. The van der Waals surface area contributed by atoms with Crippen molar-refractivity contribution in [1.29, 1.82) is 0 Å². The molecule has 0 saturated carbocycles. The Morgan fingerprint density at radius 3 is 2.67 bits per heavy atom. The van der Waals surface area contributed by atoms with Gasteiger partial charge in [-0.05, 0) is 17.0 Å². The van der Waals surface area contributed by atoms with Crippen LogP contribution in [-0.4, -0.2) is 22.3 Å². The molecule has 2 aromatic heterocycles. The van der Waals surface area contributed by atoms with Crippen LogP contribution in [0.4, 0.5) is 0 Å². The predicted molar refractivity (Wildman–Crippen MR) is 126 cm³/mol. The van der Waals surface area contributed by atoms with Crippen LogP contribution in [0, 0.1) is 0 Å². The van der Waals surface area contributed by atoms with Crippen LogP contribution in [0.15, 0.2) is 88.1 Å². The Hall–Kier alpha value is -3.09. The second kappa shape index (κ2) is 8.34. The summed E-state index contributed by atoms with van der Waals surface area (Å²) in [5.41, 5.74) is 1.86. The van der Waals surface area contributed by atoms with Crippen molar-refractivity contribution in [1.82, 2.24) is 9.97 Å². The number of ether oxygens (including phenoxy) is 1. The van der Waals surface area contributed by atoms with Crippen LogP contribution in [0.25, 0.3) is 32.1 Å². The fourth-order valence-electron chi connectivity index (χ4n) is 3.44. The fraction of sp³-hybridized carbons (Fsp3) is 0.0833. The van der Waals surface area contributed by atoms with Crippen molar-refractivity contribution >= 4 is 44.1 Å². The molecule has 0 bridgehead atoms. The van der Waals surface area contributed by atoms with Crippen LogP contribution in [-0.2, 0) is 0 Å². The summed E-state index contributed by atoms with van der Waals surface area (Å²) in [7, 11) is 0. The van der Waals surface area contributed by atoms with Gasteiger partial charge in [0.05, 0.1) is 12.0 Å². The molecule has 2 heterocycles. The second-order valence-corrected chi connectivity index (χ2v) is 8.68. The van der Waals surface area contributed by atoms with Crippen LogP contribution in [0.5, 0.6) is 5.75 Å². The van der Waals surface area contributed by atoms with E-state index in [0.717, 1.165) is 32.5 Å². The smallest absolute Gasteiger partial charge is 0.260 e. The van der Waals surface area contributed by atoms with E-state index in [1.54, 1.807) is 0 Å². The first-order valence-corrected chi connectivity index (χ1v) is 11.5. The molecule has 5 aromatic rings. The molecule has 0 saturated heterocycles. The topological polar surface area (TPSA) is 55.0 Å². The average Bonchev–Trinajstić information content (AvgIpc) is 3.22. The number of aromatic amines is 1. The number of hydrogen-bond acceptors (Lipinski definition) is 5. The number of thiophene rings is 1. The van der Waals surface area contributed by atoms with Crippen molar-refractivity contribution < 1.29 is 4.74 Å². The largest absolute Gasteiger partial charge is 0.492 e. The van der Waals surface area contributed by atoms with E-state index in [9.17, 15) is 4.79 Å². The molecule has 3 aromatic carbocycles. The van der Waals surface area contributed by atoms with Gasteiger partial charge in [-0.1, -0.05) is 78.5 Å². The number of hydrogen-bond donors (Lipinski definition) is 1. The second-order valence-electron chi connectivity index (χ2n) is 6.74. The van der Waals surface area contributed by atoms with Gasteiger partial charge in [0.2, 0.25) is 0 Å². The van der Waals surface area contributed by atoms with Gasteiger partial charge in [0.25, 0.3) is 5.56 Å². The number of rotatable bonds is 6. The van der Waals surface area contributed by atoms with E-state index >= 15 is 0 Å². The minimum Gasteiger partial charge on any atom is -0.492 e. The molecule has 0 unspecified atom stereocenters. The molecule has 0 aliphatic heterocycles. The Morgan fingerprint density at radius 2 is 1.77 bits per heavy atom. The zero-order chi connectivity index (χ0) is 20.3. The van der Waals surface area contributed by atoms with Gasteiger partial charge in [0.1, 0.15) is 10.6 Å². The lowest BCUT2D eigenvalue weighted by Crippen LogP contribution is -2.09. The van der Waals surface area contributed by atoms with Crippen molar-refractivity contribution in [3.05, 3.63) is 88.5 Å². The SMILES string of the molecule is O=c1[nH]c(SCCOc2cccc3ccccc23)nc2scc(-c3ccccc3)c12. The Labute approximate surface area is 181 Å². The van der Waals surface area contributed by atoms with Crippen molar-refractivity contribution in [3.63, 3.8) is 0 Å². The quantitative estimate of drug-likeness (QED) is 0.205. The normalized spacial score (nSPS) is 11.2. The Balaban J connectivity index is 1.30. The average molecular weight is 431 g/mol. The minimum atomic E-state index is -0.0995. The zero-order valence-electron chi connectivity index (χ0n) is 16.0. The molecule has 0 aliphatic rings. The summed E-state index contributed by atoms with van der Waals surface area (Å²) in [6.45, 7) is 0.528. The maximum absolute atomic E-state index is 12.7. The van der Waals surface area contributed by atoms with E-state index in [4.69, 9.17) is 4.74 Å². The first-order valence-electron chi connectivity index (χ1n) is 9.60. The highest BCUT2D eigenvalue weighted by Crippen LogP contribution is 2.31. The van der Waals surface area contributed by atoms with Crippen molar-refractivity contribution in [2.24, 2.45) is 0 Å². The molecule has 5 rings (SSSR count). The fourth-order valence-corrected chi connectivity index (χ4v) is 5.13. The molecule has 0 radical (unpaired) electrons. The van der Waals surface area contributed by atoms with Gasteiger partial charge in [-0.2, -0.15) is 0 Å². The molecule has 0 spiro atoms. The van der Waals surface area contributed by atoms with E-state index in [1.165, 1.54) is 23.1 Å². The van der Waals surface area contributed by atoms with E-state index in [1.807, 2.05) is 60.0 Å². The van der Waals surface area contributed by atoms with Crippen molar-refractivity contribution in [2.75, 3.05) is 12.4 Å². The molecule has 0 aliphatic carbocycles. The molecular weight excluding hydrogens is 412 g/mol. The van der Waals surface area contributed by atoms with Crippen LogP contribution < -0.4 is 10.3 Å². The van der Waals surface area contributed by atoms with Crippen molar-refractivity contribution in [2.45, 2.75) is 5.16 Å². The summed E-state index contributed by atoms with van der Waals surface area (Å²) >= 11 is 2.99. The van der Waals surface area contributed by atoms with Gasteiger partial charge in [-0.3, -0.25) is 4.79 Å². The molecule has 1 N–H and O–H groups in total. The summed E-state index contributed by atoms with van der Waals surface area (Å²) in [6, 6.07) is 24.2. The maximum atomic E-state index is 12.7.